The van der Waals surface area contributed by atoms with Crippen molar-refractivity contribution in [1.82, 2.24) is 9.55 Å². The van der Waals surface area contributed by atoms with Gasteiger partial charge in [-0.05, 0) is 25.7 Å². The molecule has 3 rings (SSSR count). The minimum atomic E-state index is 0.780. The molecule has 29 heavy (non-hydrogen) atoms. The highest BCUT2D eigenvalue weighted by Gasteiger charge is 2.14. The number of rotatable bonds is 13. The van der Waals surface area contributed by atoms with E-state index in [-0.39, 0.29) is 0 Å². The molecular formula is C25H32N2O2. The maximum atomic E-state index is 5.74. The number of nitrogens with zero attached hydrogens (tertiary/aromatic N) is 2. The first-order valence-electron chi connectivity index (χ1n) is 10.7. The Hall–Kier alpha value is -2.43. The maximum Gasteiger partial charge on any atom is 0.0963 e. The van der Waals surface area contributed by atoms with Crippen LogP contribution < -0.4 is 0 Å². The zero-order chi connectivity index (χ0) is 20.2. The Morgan fingerprint density at radius 1 is 0.724 bits per heavy atom. The Kier molecular flexibility index (Phi) is 8.95. The van der Waals surface area contributed by atoms with Gasteiger partial charge in [-0.15, -0.1) is 0 Å². The van der Waals surface area contributed by atoms with Crippen LogP contribution in [0, 0.1) is 0 Å². The third-order valence-corrected chi connectivity index (χ3v) is 4.80. The molecule has 0 aliphatic heterocycles. The van der Waals surface area contributed by atoms with Crippen molar-refractivity contribution in [3.8, 4) is 22.5 Å². The lowest BCUT2D eigenvalue weighted by atomic mass is 10.0. The van der Waals surface area contributed by atoms with Crippen molar-refractivity contribution in [3.05, 3.63) is 67.0 Å². The zero-order valence-electron chi connectivity index (χ0n) is 17.4. The Bertz CT molecular complexity index is 815. The van der Waals surface area contributed by atoms with Crippen LogP contribution in [0.2, 0.25) is 0 Å². The predicted molar refractivity (Wildman–Crippen MR) is 119 cm³/mol. The number of ether oxygens (including phenoxy) is 2. The molecule has 4 heteroatoms. The number of hydrogen-bond donors (Lipinski definition) is 0. The molecule has 1 heterocycles. The molecule has 0 fully saturated rings. The Labute approximate surface area is 174 Å². The third-order valence-electron chi connectivity index (χ3n) is 4.80. The lowest BCUT2D eigenvalue weighted by Crippen LogP contribution is -2.04. The van der Waals surface area contributed by atoms with Crippen molar-refractivity contribution in [2.24, 2.45) is 0 Å². The van der Waals surface area contributed by atoms with Crippen LogP contribution in [-0.2, 0) is 16.0 Å². The highest BCUT2D eigenvalue weighted by atomic mass is 16.5. The quantitative estimate of drug-likeness (QED) is 0.343. The van der Waals surface area contributed by atoms with E-state index in [1.807, 2.05) is 12.4 Å². The van der Waals surface area contributed by atoms with E-state index in [1.165, 1.54) is 11.3 Å². The second-order valence-electron chi connectivity index (χ2n) is 7.15. The van der Waals surface area contributed by atoms with E-state index in [0.717, 1.165) is 69.9 Å². The van der Waals surface area contributed by atoms with E-state index in [9.17, 15) is 0 Å². The first-order chi connectivity index (χ1) is 14.4. The van der Waals surface area contributed by atoms with Crippen LogP contribution in [0.4, 0.5) is 0 Å². The van der Waals surface area contributed by atoms with E-state index in [2.05, 4.69) is 66.1 Å². The molecule has 0 spiro atoms. The van der Waals surface area contributed by atoms with Gasteiger partial charge < -0.3 is 14.0 Å². The second-order valence-corrected chi connectivity index (χ2v) is 7.15. The molecule has 0 amide bonds. The van der Waals surface area contributed by atoms with Gasteiger partial charge in [0.2, 0.25) is 0 Å². The molecule has 0 N–H and O–H groups in total. The molecular weight excluding hydrogens is 360 g/mol. The summed E-state index contributed by atoms with van der Waals surface area (Å²) in [5, 5.41) is 0. The summed E-state index contributed by atoms with van der Waals surface area (Å²) in [5.41, 5.74) is 4.58. The summed E-state index contributed by atoms with van der Waals surface area (Å²) in [6.45, 7) is 6.29. The van der Waals surface area contributed by atoms with Crippen molar-refractivity contribution in [2.75, 3.05) is 26.4 Å². The number of aromatic nitrogens is 2. The molecule has 1 aromatic heterocycles. The summed E-state index contributed by atoms with van der Waals surface area (Å²) in [6, 6.07) is 20.9. The standard InChI is InChI=1S/C25H32N2O2/c1-2-17-28-19-11-20-29-18-10-9-16-27-21-26-24(22-12-5-3-6-13-22)25(27)23-14-7-4-8-15-23/h3-8,12-15,21H,2,9-11,16-20H2,1H3. The Morgan fingerprint density at radius 2 is 1.34 bits per heavy atom. The normalized spacial score (nSPS) is 11.1. The maximum absolute atomic E-state index is 5.74. The highest BCUT2D eigenvalue weighted by Crippen LogP contribution is 2.31. The average molecular weight is 393 g/mol. The van der Waals surface area contributed by atoms with E-state index in [1.54, 1.807) is 0 Å². The summed E-state index contributed by atoms with van der Waals surface area (Å²) in [5.74, 6) is 0. The molecule has 0 radical (unpaired) electrons. The van der Waals surface area contributed by atoms with Gasteiger partial charge in [-0.25, -0.2) is 4.98 Å². The van der Waals surface area contributed by atoms with Gasteiger partial charge in [0.25, 0.3) is 0 Å². The Morgan fingerprint density at radius 3 is 2.03 bits per heavy atom. The molecule has 0 atom stereocenters. The van der Waals surface area contributed by atoms with Crippen molar-refractivity contribution in [1.29, 1.82) is 0 Å². The van der Waals surface area contributed by atoms with Gasteiger partial charge in [-0.1, -0.05) is 67.6 Å². The number of unbranched alkanes of at least 4 members (excludes halogenated alkanes) is 1. The van der Waals surface area contributed by atoms with Crippen LogP contribution in [0.15, 0.2) is 67.0 Å². The molecule has 0 saturated heterocycles. The van der Waals surface area contributed by atoms with Crippen molar-refractivity contribution < 1.29 is 9.47 Å². The van der Waals surface area contributed by atoms with E-state index >= 15 is 0 Å². The van der Waals surface area contributed by atoms with Gasteiger partial charge >= 0.3 is 0 Å². The van der Waals surface area contributed by atoms with Gasteiger partial charge in [-0.2, -0.15) is 0 Å². The minimum Gasteiger partial charge on any atom is -0.381 e. The molecule has 0 unspecified atom stereocenters. The SMILES string of the molecule is CCCOCCCOCCCCn1cnc(-c2ccccc2)c1-c1ccccc1. The summed E-state index contributed by atoms with van der Waals surface area (Å²) in [4.78, 5) is 4.74. The molecule has 0 aliphatic rings. The molecule has 2 aromatic carbocycles. The first kappa shape index (κ1) is 21.3. The van der Waals surface area contributed by atoms with Crippen LogP contribution in [0.25, 0.3) is 22.5 Å². The summed E-state index contributed by atoms with van der Waals surface area (Å²) in [7, 11) is 0. The largest absolute Gasteiger partial charge is 0.381 e. The molecule has 0 aliphatic carbocycles. The molecule has 3 aromatic rings. The number of hydrogen-bond acceptors (Lipinski definition) is 3. The molecule has 0 saturated carbocycles. The van der Waals surface area contributed by atoms with Gasteiger partial charge in [0, 0.05) is 44.1 Å². The minimum absolute atomic E-state index is 0.780. The zero-order valence-corrected chi connectivity index (χ0v) is 17.4. The number of aryl methyl sites for hydroxylation is 1. The number of benzene rings is 2. The van der Waals surface area contributed by atoms with Crippen molar-refractivity contribution in [2.45, 2.75) is 39.2 Å². The fourth-order valence-corrected chi connectivity index (χ4v) is 3.36. The predicted octanol–water partition coefficient (Wildman–Crippen LogP) is 5.83. The van der Waals surface area contributed by atoms with Gasteiger partial charge in [0.15, 0.2) is 0 Å². The van der Waals surface area contributed by atoms with E-state index in [4.69, 9.17) is 14.5 Å². The summed E-state index contributed by atoms with van der Waals surface area (Å²) >= 11 is 0. The summed E-state index contributed by atoms with van der Waals surface area (Å²) in [6.07, 6.45) is 6.13. The third kappa shape index (κ3) is 6.55. The summed E-state index contributed by atoms with van der Waals surface area (Å²) < 4.78 is 13.5. The lowest BCUT2D eigenvalue weighted by Gasteiger charge is -2.11. The fourth-order valence-electron chi connectivity index (χ4n) is 3.36. The van der Waals surface area contributed by atoms with Crippen LogP contribution in [0.1, 0.15) is 32.6 Å². The van der Waals surface area contributed by atoms with Gasteiger partial charge in [0.1, 0.15) is 0 Å². The lowest BCUT2D eigenvalue weighted by molar-refractivity contribution is 0.0812. The van der Waals surface area contributed by atoms with Crippen LogP contribution >= 0.6 is 0 Å². The van der Waals surface area contributed by atoms with Crippen LogP contribution in [0.5, 0.6) is 0 Å². The van der Waals surface area contributed by atoms with Crippen molar-refractivity contribution in [3.63, 3.8) is 0 Å². The van der Waals surface area contributed by atoms with Gasteiger partial charge in [0.05, 0.1) is 17.7 Å². The van der Waals surface area contributed by atoms with Crippen molar-refractivity contribution >= 4 is 0 Å². The van der Waals surface area contributed by atoms with Crippen LogP contribution in [-0.4, -0.2) is 36.0 Å². The van der Waals surface area contributed by atoms with E-state index in [0.29, 0.717) is 0 Å². The van der Waals surface area contributed by atoms with E-state index < -0.39 is 0 Å². The fraction of sp³-hybridized carbons (Fsp3) is 0.400. The Balaban J connectivity index is 1.54. The monoisotopic (exact) mass is 392 g/mol. The second kappa shape index (κ2) is 12.2. The van der Waals surface area contributed by atoms with Gasteiger partial charge in [-0.3, -0.25) is 0 Å². The molecule has 0 bridgehead atoms. The highest BCUT2D eigenvalue weighted by molar-refractivity contribution is 5.78. The molecule has 154 valence electrons. The smallest absolute Gasteiger partial charge is 0.0963 e. The van der Waals surface area contributed by atoms with Crippen LogP contribution in [0.3, 0.4) is 0 Å². The topological polar surface area (TPSA) is 36.3 Å². The first-order valence-corrected chi connectivity index (χ1v) is 10.7. The molecule has 4 nitrogen and oxygen atoms in total. The number of imidazole rings is 1. The average Bonchev–Trinajstić information content (AvgIpc) is 3.20.